The van der Waals surface area contributed by atoms with Crippen LogP contribution in [0.15, 0.2) is 12.3 Å². The minimum absolute atomic E-state index is 0.341. The lowest BCUT2D eigenvalue weighted by Gasteiger charge is -2.33. The highest BCUT2D eigenvalue weighted by molar-refractivity contribution is 6.71. The largest absolute Gasteiger partial charge is 0.388 e. The summed E-state index contributed by atoms with van der Waals surface area (Å²) < 4.78 is 13.0. The summed E-state index contributed by atoms with van der Waals surface area (Å²) in [6.07, 6.45) is 12.5. The van der Waals surface area contributed by atoms with Gasteiger partial charge >= 0.3 is 8.56 Å². The van der Waals surface area contributed by atoms with Crippen molar-refractivity contribution in [3.8, 4) is 0 Å². The third kappa shape index (κ3) is 9.81. The summed E-state index contributed by atoms with van der Waals surface area (Å²) in [6, 6.07) is 0. The van der Waals surface area contributed by atoms with Gasteiger partial charge in [-0.25, -0.2) is 0 Å². The Bertz CT molecular complexity index is 248. The van der Waals surface area contributed by atoms with Crippen LogP contribution in [0.1, 0.15) is 91.9 Å². The van der Waals surface area contributed by atoms with Crippen LogP contribution in [0.2, 0.25) is 6.55 Å². The molecular formula is C19H40O2Si. The van der Waals surface area contributed by atoms with E-state index in [0.29, 0.717) is 12.2 Å². The first-order chi connectivity index (χ1) is 10.5. The predicted molar refractivity (Wildman–Crippen MR) is 100 cm³/mol. The van der Waals surface area contributed by atoms with Crippen molar-refractivity contribution in [3.05, 3.63) is 12.3 Å². The van der Waals surface area contributed by atoms with Gasteiger partial charge in [0.2, 0.25) is 0 Å². The fourth-order valence-electron chi connectivity index (χ4n) is 2.82. The van der Waals surface area contributed by atoms with Crippen LogP contribution in [-0.4, -0.2) is 20.8 Å². The zero-order valence-electron chi connectivity index (χ0n) is 15.8. The topological polar surface area (TPSA) is 18.5 Å². The Morgan fingerprint density at radius 2 is 1.18 bits per heavy atom. The second-order valence-corrected chi connectivity index (χ2v) is 9.47. The molecule has 0 aliphatic carbocycles. The summed E-state index contributed by atoms with van der Waals surface area (Å²) in [5.74, 6) is 0. The molecule has 22 heavy (non-hydrogen) atoms. The predicted octanol–water partition coefficient (Wildman–Crippen LogP) is 6.53. The maximum Gasteiger partial charge on any atom is 0.361 e. The molecule has 2 unspecified atom stereocenters. The van der Waals surface area contributed by atoms with Crippen LogP contribution in [0.4, 0.5) is 0 Å². The van der Waals surface area contributed by atoms with E-state index >= 15 is 0 Å². The minimum Gasteiger partial charge on any atom is -0.388 e. The first-order valence-electron chi connectivity index (χ1n) is 9.54. The molecule has 0 aliphatic heterocycles. The lowest BCUT2D eigenvalue weighted by atomic mass is 10.1. The molecule has 0 amide bonds. The Hall–Kier alpha value is -0.123. The van der Waals surface area contributed by atoms with Crippen molar-refractivity contribution in [2.24, 2.45) is 0 Å². The van der Waals surface area contributed by atoms with Crippen LogP contribution in [-0.2, 0) is 8.85 Å². The lowest BCUT2D eigenvalue weighted by Crippen LogP contribution is -2.43. The molecule has 0 saturated carbocycles. The van der Waals surface area contributed by atoms with Gasteiger partial charge in [0, 0.05) is 12.2 Å². The van der Waals surface area contributed by atoms with Gasteiger partial charge in [0.25, 0.3) is 0 Å². The summed E-state index contributed by atoms with van der Waals surface area (Å²) in [6.45, 7) is 15.2. The molecule has 0 bridgehead atoms. The normalized spacial score (nSPS) is 17.0. The van der Waals surface area contributed by atoms with Crippen molar-refractivity contribution in [1.29, 1.82) is 0 Å². The van der Waals surface area contributed by atoms with E-state index in [1.54, 1.807) is 0 Å². The Labute approximate surface area is 140 Å². The molecule has 0 aromatic carbocycles. The molecule has 0 aromatic rings. The molecule has 3 heteroatoms. The molecule has 132 valence electrons. The molecule has 0 spiro atoms. The molecule has 0 N–H and O–H groups in total. The molecule has 0 heterocycles. The zero-order chi connectivity index (χ0) is 16.8. The zero-order valence-corrected chi connectivity index (χ0v) is 16.8. The fraction of sp³-hybridized carbons (Fsp3) is 0.895. The highest BCUT2D eigenvalue weighted by Crippen LogP contribution is 2.23. The highest BCUT2D eigenvalue weighted by Gasteiger charge is 2.33. The summed E-state index contributed by atoms with van der Waals surface area (Å²) in [5.41, 5.74) is 1.98. The van der Waals surface area contributed by atoms with Crippen LogP contribution in [0.3, 0.4) is 0 Å². The van der Waals surface area contributed by atoms with Gasteiger partial charge in [-0.1, -0.05) is 66.2 Å². The second kappa shape index (κ2) is 13.3. The van der Waals surface area contributed by atoms with Gasteiger partial charge in [-0.3, -0.25) is 0 Å². The van der Waals surface area contributed by atoms with Crippen molar-refractivity contribution >= 4 is 8.56 Å². The van der Waals surface area contributed by atoms with Gasteiger partial charge in [0.1, 0.15) is 0 Å². The fourth-order valence-corrected chi connectivity index (χ4v) is 4.86. The molecule has 0 radical (unpaired) electrons. The average molecular weight is 329 g/mol. The average Bonchev–Trinajstić information content (AvgIpc) is 2.50. The van der Waals surface area contributed by atoms with Gasteiger partial charge in [0.15, 0.2) is 0 Å². The Morgan fingerprint density at radius 3 is 1.45 bits per heavy atom. The smallest absolute Gasteiger partial charge is 0.361 e. The molecule has 2 atom stereocenters. The van der Waals surface area contributed by atoms with E-state index in [9.17, 15) is 0 Å². The first kappa shape index (κ1) is 21.9. The van der Waals surface area contributed by atoms with Gasteiger partial charge in [-0.2, -0.15) is 0 Å². The first-order valence-corrected chi connectivity index (χ1v) is 11.9. The highest BCUT2D eigenvalue weighted by atomic mass is 28.4. The second-order valence-electron chi connectivity index (χ2n) is 6.56. The summed E-state index contributed by atoms with van der Waals surface area (Å²) >= 11 is 0. The van der Waals surface area contributed by atoms with Crippen LogP contribution in [0.5, 0.6) is 0 Å². The quantitative estimate of drug-likeness (QED) is 0.318. The number of rotatable bonds is 15. The molecular weight excluding hydrogens is 288 g/mol. The molecule has 0 saturated heterocycles. The molecule has 0 aliphatic rings. The number of hydrogen-bond donors (Lipinski definition) is 0. The third-order valence-corrected chi connectivity index (χ3v) is 6.50. The molecule has 0 aromatic heterocycles. The van der Waals surface area contributed by atoms with Crippen molar-refractivity contribution in [1.82, 2.24) is 0 Å². The van der Waals surface area contributed by atoms with E-state index in [1.165, 1.54) is 38.5 Å². The van der Waals surface area contributed by atoms with Gasteiger partial charge in [-0.15, -0.1) is 6.58 Å². The van der Waals surface area contributed by atoms with Crippen LogP contribution >= 0.6 is 0 Å². The van der Waals surface area contributed by atoms with E-state index < -0.39 is 8.56 Å². The summed E-state index contributed by atoms with van der Waals surface area (Å²) in [7, 11) is -2.26. The third-order valence-electron chi connectivity index (χ3n) is 4.15. The van der Waals surface area contributed by atoms with Crippen LogP contribution in [0, 0.1) is 0 Å². The number of hydrogen-bond acceptors (Lipinski definition) is 2. The van der Waals surface area contributed by atoms with Crippen molar-refractivity contribution in [2.45, 2.75) is 111 Å². The SMILES string of the molecule is C=C[Si](C)(OC(CCC)CCCC)OC(CCC)CCCC. The summed E-state index contributed by atoms with van der Waals surface area (Å²) in [5, 5.41) is 0. The minimum atomic E-state index is -2.26. The van der Waals surface area contributed by atoms with Gasteiger partial charge in [-0.05, 0) is 37.9 Å². The van der Waals surface area contributed by atoms with E-state index in [2.05, 4.69) is 40.8 Å². The maximum atomic E-state index is 6.49. The van der Waals surface area contributed by atoms with E-state index in [1.807, 2.05) is 5.70 Å². The van der Waals surface area contributed by atoms with Crippen molar-refractivity contribution in [3.63, 3.8) is 0 Å². The number of unbranched alkanes of at least 4 members (excludes halogenated alkanes) is 2. The molecule has 0 rings (SSSR count). The Balaban J connectivity index is 4.69. The van der Waals surface area contributed by atoms with Crippen molar-refractivity contribution in [2.75, 3.05) is 0 Å². The van der Waals surface area contributed by atoms with E-state index in [4.69, 9.17) is 8.85 Å². The van der Waals surface area contributed by atoms with Crippen LogP contribution in [0.25, 0.3) is 0 Å². The molecule has 2 nitrogen and oxygen atoms in total. The maximum absolute atomic E-state index is 6.49. The molecule has 0 fully saturated rings. The summed E-state index contributed by atoms with van der Waals surface area (Å²) in [4.78, 5) is 0. The van der Waals surface area contributed by atoms with E-state index in [0.717, 1.165) is 25.7 Å². The Morgan fingerprint density at radius 1 is 0.773 bits per heavy atom. The van der Waals surface area contributed by atoms with Gasteiger partial charge in [0.05, 0.1) is 0 Å². The standard InChI is InChI=1S/C19H40O2Si/c1-7-12-16-18(14-9-3)20-22(6,11-5)21-19(15-10-4)17-13-8-2/h11,18-19H,5,7-10,12-17H2,1-4,6H3. The lowest BCUT2D eigenvalue weighted by molar-refractivity contribution is 0.0709. The van der Waals surface area contributed by atoms with E-state index in [-0.39, 0.29) is 0 Å². The van der Waals surface area contributed by atoms with Crippen LogP contribution < -0.4 is 0 Å². The van der Waals surface area contributed by atoms with Gasteiger partial charge < -0.3 is 8.85 Å². The Kier molecular flexibility index (Phi) is 13.3. The van der Waals surface area contributed by atoms with Crippen molar-refractivity contribution < 1.29 is 8.85 Å². The monoisotopic (exact) mass is 328 g/mol.